The van der Waals surface area contributed by atoms with Gasteiger partial charge in [-0.1, -0.05) is 13.3 Å². The standard InChI is InChI=1S/C13H25NOS/c1-2-16-10-9-14-8-4-6-12(14)11-5-3-7-13(11)15/h11-13,15H,2-10H2,1H3. The second-order valence-corrected chi connectivity index (χ2v) is 6.50. The highest BCUT2D eigenvalue weighted by Gasteiger charge is 2.37. The van der Waals surface area contributed by atoms with Crippen LogP contribution in [-0.2, 0) is 0 Å². The molecule has 2 aliphatic rings. The van der Waals surface area contributed by atoms with Crippen molar-refractivity contribution in [1.29, 1.82) is 0 Å². The summed E-state index contributed by atoms with van der Waals surface area (Å²) >= 11 is 2.04. The average Bonchev–Trinajstić information content (AvgIpc) is 2.87. The Bertz CT molecular complexity index is 212. The average molecular weight is 243 g/mol. The van der Waals surface area contributed by atoms with Gasteiger partial charge < -0.3 is 5.11 Å². The summed E-state index contributed by atoms with van der Waals surface area (Å²) < 4.78 is 0. The minimum Gasteiger partial charge on any atom is -0.393 e. The van der Waals surface area contributed by atoms with Gasteiger partial charge in [-0.3, -0.25) is 4.90 Å². The highest BCUT2D eigenvalue weighted by atomic mass is 32.2. The molecular weight excluding hydrogens is 218 g/mol. The predicted molar refractivity (Wildman–Crippen MR) is 70.9 cm³/mol. The fourth-order valence-corrected chi connectivity index (χ4v) is 4.01. The number of nitrogens with zero attached hydrogens (tertiary/aromatic N) is 1. The highest BCUT2D eigenvalue weighted by molar-refractivity contribution is 7.99. The molecule has 2 fully saturated rings. The van der Waals surface area contributed by atoms with Crippen LogP contribution in [0.4, 0.5) is 0 Å². The Morgan fingerprint density at radius 1 is 1.25 bits per heavy atom. The fourth-order valence-electron chi connectivity index (χ4n) is 3.36. The van der Waals surface area contributed by atoms with Crippen LogP contribution >= 0.6 is 11.8 Å². The molecule has 1 aliphatic heterocycles. The molecular formula is C13H25NOS. The molecule has 0 amide bonds. The maximum Gasteiger partial charge on any atom is 0.0583 e. The summed E-state index contributed by atoms with van der Waals surface area (Å²) in [6.45, 7) is 4.72. The molecule has 0 aromatic carbocycles. The van der Waals surface area contributed by atoms with Crippen molar-refractivity contribution < 1.29 is 5.11 Å². The van der Waals surface area contributed by atoms with E-state index in [0.717, 1.165) is 6.42 Å². The van der Waals surface area contributed by atoms with Crippen molar-refractivity contribution in [1.82, 2.24) is 4.90 Å². The van der Waals surface area contributed by atoms with E-state index in [1.807, 2.05) is 11.8 Å². The van der Waals surface area contributed by atoms with Crippen molar-refractivity contribution in [2.45, 2.75) is 51.2 Å². The predicted octanol–water partition coefficient (Wildman–Crippen LogP) is 2.36. The molecule has 16 heavy (non-hydrogen) atoms. The lowest BCUT2D eigenvalue weighted by Gasteiger charge is -2.31. The van der Waals surface area contributed by atoms with Gasteiger partial charge >= 0.3 is 0 Å². The van der Waals surface area contributed by atoms with E-state index in [2.05, 4.69) is 11.8 Å². The summed E-state index contributed by atoms with van der Waals surface area (Å²) in [5.41, 5.74) is 0. The van der Waals surface area contributed by atoms with E-state index in [1.54, 1.807) is 0 Å². The van der Waals surface area contributed by atoms with E-state index in [1.165, 1.54) is 50.3 Å². The van der Waals surface area contributed by atoms with E-state index in [4.69, 9.17) is 0 Å². The Labute approximate surface area is 104 Å². The van der Waals surface area contributed by atoms with Crippen molar-refractivity contribution in [2.75, 3.05) is 24.6 Å². The van der Waals surface area contributed by atoms with Crippen LogP contribution in [0, 0.1) is 5.92 Å². The molecule has 3 unspecified atom stereocenters. The molecule has 94 valence electrons. The molecule has 1 N–H and O–H groups in total. The summed E-state index contributed by atoms with van der Waals surface area (Å²) in [5.74, 6) is 3.06. The van der Waals surface area contributed by atoms with Gasteiger partial charge in [-0.15, -0.1) is 0 Å². The zero-order chi connectivity index (χ0) is 11.4. The number of thioether (sulfide) groups is 1. The Kier molecular flexibility index (Phi) is 4.98. The van der Waals surface area contributed by atoms with Crippen molar-refractivity contribution in [3.8, 4) is 0 Å². The second kappa shape index (κ2) is 6.27. The summed E-state index contributed by atoms with van der Waals surface area (Å²) in [5, 5.41) is 10.0. The van der Waals surface area contributed by atoms with Crippen molar-refractivity contribution in [2.24, 2.45) is 5.92 Å². The van der Waals surface area contributed by atoms with Crippen molar-refractivity contribution >= 4 is 11.8 Å². The Morgan fingerprint density at radius 3 is 2.81 bits per heavy atom. The lowest BCUT2D eigenvalue weighted by Crippen LogP contribution is -2.40. The Hall–Kier alpha value is 0.270. The van der Waals surface area contributed by atoms with E-state index in [0.29, 0.717) is 12.0 Å². The van der Waals surface area contributed by atoms with E-state index in [-0.39, 0.29) is 6.10 Å². The smallest absolute Gasteiger partial charge is 0.0583 e. The molecule has 0 radical (unpaired) electrons. The minimum atomic E-state index is -0.00979. The molecule has 2 rings (SSSR count). The van der Waals surface area contributed by atoms with Gasteiger partial charge in [0.05, 0.1) is 6.10 Å². The molecule has 0 spiro atoms. The maximum atomic E-state index is 10.0. The van der Waals surface area contributed by atoms with E-state index in [9.17, 15) is 5.11 Å². The van der Waals surface area contributed by atoms with E-state index >= 15 is 0 Å². The molecule has 0 aromatic heterocycles. The van der Waals surface area contributed by atoms with Gasteiger partial charge in [0.1, 0.15) is 0 Å². The van der Waals surface area contributed by atoms with Crippen LogP contribution in [0.5, 0.6) is 0 Å². The normalized spacial score (nSPS) is 36.0. The van der Waals surface area contributed by atoms with Crippen molar-refractivity contribution in [3.63, 3.8) is 0 Å². The molecule has 2 nitrogen and oxygen atoms in total. The van der Waals surface area contributed by atoms with Gasteiger partial charge in [0, 0.05) is 24.3 Å². The number of likely N-dealkylation sites (tertiary alicyclic amines) is 1. The Balaban J connectivity index is 1.82. The number of rotatable bonds is 5. The first-order chi connectivity index (χ1) is 7.83. The van der Waals surface area contributed by atoms with Gasteiger partial charge in [-0.2, -0.15) is 11.8 Å². The molecule has 1 saturated carbocycles. The molecule has 3 atom stereocenters. The number of aliphatic hydroxyl groups is 1. The van der Waals surface area contributed by atoms with Crippen LogP contribution < -0.4 is 0 Å². The first kappa shape index (κ1) is 12.7. The summed E-state index contributed by atoms with van der Waals surface area (Å²) in [6.07, 6.45) is 6.18. The van der Waals surface area contributed by atoms with Gasteiger partial charge in [0.25, 0.3) is 0 Å². The molecule has 0 bridgehead atoms. The van der Waals surface area contributed by atoms with Crippen molar-refractivity contribution in [3.05, 3.63) is 0 Å². The Morgan fingerprint density at radius 2 is 2.12 bits per heavy atom. The number of hydrogen-bond acceptors (Lipinski definition) is 3. The zero-order valence-electron chi connectivity index (χ0n) is 10.4. The lowest BCUT2D eigenvalue weighted by atomic mass is 9.94. The zero-order valence-corrected chi connectivity index (χ0v) is 11.2. The number of hydrogen-bond donors (Lipinski definition) is 1. The molecule has 1 saturated heterocycles. The molecule has 3 heteroatoms. The third kappa shape index (κ3) is 2.93. The molecule has 1 heterocycles. The van der Waals surface area contributed by atoms with Gasteiger partial charge in [-0.05, 0) is 38.0 Å². The van der Waals surface area contributed by atoms with Crippen LogP contribution in [0.1, 0.15) is 39.0 Å². The lowest BCUT2D eigenvalue weighted by molar-refractivity contribution is 0.0771. The van der Waals surface area contributed by atoms with Gasteiger partial charge in [0.2, 0.25) is 0 Å². The van der Waals surface area contributed by atoms with Crippen LogP contribution in [0.25, 0.3) is 0 Å². The van der Waals surface area contributed by atoms with Gasteiger partial charge in [-0.25, -0.2) is 0 Å². The monoisotopic (exact) mass is 243 g/mol. The summed E-state index contributed by atoms with van der Waals surface area (Å²) in [4.78, 5) is 2.64. The third-order valence-electron chi connectivity index (χ3n) is 4.17. The minimum absolute atomic E-state index is 0.00979. The first-order valence-electron chi connectivity index (χ1n) is 6.82. The largest absolute Gasteiger partial charge is 0.393 e. The van der Waals surface area contributed by atoms with Crippen LogP contribution in [0.15, 0.2) is 0 Å². The first-order valence-corrected chi connectivity index (χ1v) is 7.98. The summed E-state index contributed by atoms with van der Waals surface area (Å²) in [6, 6.07) is 0.690. The highest BCUT2D eigenvalue weighted by Crippen LogP contribution is 2.35. The quantitative estimate of drug-likeness (QED) is 0.750. The van der Waals surface area contributed by atoms with E-state index < -0.39 is 0 Å². The topological polar surface area (TPSA) is 23.5 Å². The van der Waals surface area contributed by atoms with Crippen LogP contribution in [0.3, 0.4) is 0 Å². The van der Waals surface area contributed by atoms with Crippen LogP contribution in [0.2, 0.25) is 0 Å². The molecule has 0 aromatic rings. The fraction of sp³-hybridized carbons (Fsp3) is 1.00. The SMILES string of the molecule is CCSCCN1CCCC1C1CCCC1O. The summed E-state index contributed by atoms with van der Waals surface area (Å²) in [7, 11) is 0. The van der Waals surface area contributed by atoms with Crippen LogP contribution in [-0.4, -0.2) is 46.7 Å². The maximum absolute atomic E-state index is 10.0. The number of aliphatic hydroxyl groups excluding tert-OH is 1. The second-order valence-electron chi connectivity index (χ2n) is 5.10. The van der Waals surface area contributed by atoms with Gasteiger partial charge in [0.15, 0.2) is 0 Å². The third-order valence-corrected chi connectivity index (χ3v) is 5.05. The molecule has 1 aliphatic carbocycles.